The first-order valence-corrected chi connectivity index (χ1v) is 11.5. The molecule has 34 heavy (non-hydrogen) atoms. The van der Waals surface area contributed by atoms with Gasteiger partial charge >= 0.3 is 5.97 Å². The lowest BCUT2D eigenvalue weighted by Crippen LogP contribution is -2.17. The molecule has 0 aliphatic rings. The van der Waals surface area contributed by atoms with Crippen molar-refractivity contribution in [3.05, 3.63) is 87.9 Å². The lowest BCUT2D eigenvalue weighted by molar-refractivity contribution is 0.0729. The minimum absolute atomic E-state index is 0.270. The van der Waals surface area contributed by atoms with Crippen molar-refractivity contribution in [2.45, 2.75) is 19.8 Å². The highest BCUT2D eigenvalue weighted by molar-refractivity contribution is 9.10. The predicted octanol–water partition coefficient (Wildman–Crippen LogP) is 5.62. The second-order valence-electron chi connectivity index (χ2n) is 7.24. The fraction of sp³-hybridized carbons (Fsp3) is 0.192. The summed E-state index contributed by atoms with van der Waals surface area (Å²) in [4.78, 5) is 24.7. The standard InChI is InChI=1S/C26H25BrN2O5/c1-3-4-14-33-22-11-9-19(10-12-22)26(31)34-23-13-8-18(15-24(23)32-2)17-28-29-25(30)20-6-5-7-21(27)16-20/h5-13,15-17H,3-4,14H2,1-2H3,(H,29,30)/b28-17-. The van der Waals surface area contributed by atoms with Crippen molar-refractivity contribution >= 4 is 34.0 Å². The molecule has 0 saturated carbocycles. The molecule has 0 spiro atoms. The zero-order chi connectivity index (χ0) is 24.3. The van der Waals surface area contributed by atoms with Crippen LogP contribution >= 0.6 is 15.9 Å². The largest absolute Gasteiger partial charge is 0.494 e. The molecule has 1 N–H and O–H groups in total. The van der Waals surface area contributed by atoms with Gasteiger partial charge in [-0.15, -0.1) is 0 Å². The highest BCUT2D eigenvalue weighted by Crippen LogP contribution is 2.28. The molecular formula is C26H25BrN2O5. The molecule has 0 heterocycles. The Labute approximate surface area is 206 Å². The van der Waals surface area contributed by atoms with Gasteiger partial charge in [-0.1, -0.05) is 35.3 Å². The Morgan fingerprint density at radius 3 is 2.50 bits per heavy atom. The average molecular weight is 525 g/mol. The Balaban J connectivity index is 1.61. The van der Waals surface area contributed by atoms with Crippen LogP contribution in [-0.4, -0.2) is 31.8 Å². The summed E-state index contributed by atoms with van der Waals surface area (Å²) in [5.74, 6) is 0.484. The first-order chi connectivity index (χ1) is 16.5. The van der Waals surface area contributed by atoms with E-state index in [0.29, 0.717) is 34.8 Å². The van der Waals surface area contributed by atoms with E-state index in [2.05, 4.69) is 33.4 Å². The third-order valence-electron chi connectivity index (χ3n) is 4.71. The van der Waals surface area contributed by atoms with Crippen LogP contribution in [0, 0.1) is 0 Å². The maximum atomic E-state index is 12.5. The number of halogens is 1. The van der Waals surface area contributed by atoms with E-state index in [1.54, 1.807) is 60.7 Å². The Morgan fingerprint density at radius 2 is 1.79 bits per heavy atom. The highest BCUT2D eigenvalue weighted by atomic mass is 79.9. The van der Waals surface area contributed by atoms with Gasteiger partial charge in [-0.2, -0.15) is 5.10 Å². The monoisotopic (exact) mass is 524 g/mol. The summed E-state index contributed by atoms with van der Waals surface area (Å²) >= 11 is 3.33. The van der Waals surface area contributed by atoms with Gasteiger partial charge in [0.15, 0.2) is 11.5 Å². The number of hydrazone groups is 1. The smallest absolute Gasteiger partial charge is 0.343 e. The van der Waals surface area contributed by atoms with Crippen LogP contribution in [0.25, 0.3) is 0 Å². The van der Waals surface area contributed by atoms with Crippen molar-refractivity contribution in [2.75, 3.05) is 13.7 Å². The second-order valence-corrected chi connectivity index (χ2v) is 8.15. The molecule has 1 amide bonds. The molecule has 0 radical (unpaired) electrons. The zero-order valence-corrected chi connectivity index (χ0v) is 20.5. The summed E-state index contributed by atoms with van der Waals surface area (Å²) in [5.41, 5.74) is 4.00. The van der Waals surface area contributed by atoms with Crippen LogP contribution in [-0.2, 0) is 0 Å². The van der Waals surface area contributed by atoms with Crippen LogP contribution in [0.4, 0.5) is 0 Å². The van der Waals surface area contributed by atoms with Gasteiger partial charge in [0.2, 0.25) is 0 Å². The number of hydrogen-bond donors (Lipinski definition) is 1. The van der Waals surface area contributed by atoms with E-state index in [1.165, 1.54) is 13.3 Å². The van der Waals surface area contributed by atoms with Crippen LogP contribution in [0.2, 0.25) is 0 Å². The van der Waals surface area contributed by atoms with E-state index in [-0.39, 0.29) is 11.7 Å². The normalized spacial score (nSPS) is 10.7. The fourth-order valence-corrected chi connectivity index (χ4v) is 3.29. The Morgan fingerprint density at radius 1 is 1.00 bits per heavy atom. The van der Waals surface area contributed by atoms with Gasteiger partial charge < -0.3 is 14.2 Å². The summed E-state index contributed by atoms with van der Waals surface area (Å²) in [5, 5.41) is 3.98. The number of carbonyl (C=O) groups excluding carboxylic acids is 2. The summed E-state index contributed by atoms with van der Waals surface area (Å²) in [6, 6.07) is 18.7. The number of unbranched alkanes of at least 4 members (excludes halogenated alkanes) is 1. The van der Waals surface area contributed by atoms with E-state index < -0.39 is 5.97 Å². The number of esters is 1. The van der Waals surface area contributed by atoms with Crippen molar-refractivity contribution in [1.29, 1.82) is 0 Å². The molecule has 7 nitrogen and oxygen atoms in total. The number of carbonyl (C=O) groups is 2. The number of hydrogen-bond acceptors (Lipinski definition) is 6. The first-order valence-electron chi connectivity index (χ1n) is 10.7. The second kappa shape index (κ2) is 12.6. The SMILES string of the molecule is CCCCOc1ccc(C(=O)Oc2ccc(/C=N\NC(=O)c3cccc(Br)c3)cc2OC)cc1. The van der Waals surface area contributed by atoms with Crippen LogP contribution in [0.5, 0.6) is 17.2 Å². The van der Waals surface area contributed by atoms with Gasteiger partial charge in [-0.25, -0.2) is 10.2 Å². The van der Waals surface area contributed by atoms with Gasteiger partial charge in [-0.3, -0.25) is 4.79 Å². The van der Waals surface area contributed by atoms with Gasteiger partial charge in [-0.05, 0) is 72.6 Å². The number of methoxy groups -OCH3 is 1. The van der Waals surface area contributed by atoms with E-state index in [4.69, 9.17) is 14.2 Å². The molecule has 8 heteroatoms. The first kappa shape index (κ1) is 25.0. The summed E-state index contributed by atoms with van der Waals surface area (Å²) in [6.45, 7) is 2.74. The number of nitrogens with zero attached hydrogens (tertiary/aromatic N) is 1. The van der Waals surface area contributed by atoms with Crippen molar-refractivity contribution < 1.29 is 23.8 Å². The van der Waals surface area contributed by atoms with E-state index in [1.807, 2.05) is 6.07 Å². The minimum Gasteiger partial charge on any atom is -0.494 e. The lowest BCUT2D eigenvalue weighted by atomic mass is 10.2. The maximum Gasteiger partial charge on any atom is 0.343 e. The molecule has 0 atom stereocenters. The topological polar surface area (TPSA) is 86.2 Å². The molecule has 3 aromatic rings. The third kappa shape index (κ3) is 7.18. The van der Waals surface area contributed by atoms with Gasteiger partial charge in [0.25, 0.3) is 5.91 Å². The summed E-state index contributed by atoms with van der Waals surface area (Å²) < 4.78 is 17.3. The molecule has 3 aromatic carbocycles. The minimum atomic E-state index is -0.513. The molecular weight excluding hydrogens is 500 g/mol. The highest BCUT2D eigenvalue weighted by Gasteiger charge is 2.13. The number of amides is 1. The average Bonchev–Trinajstić information content (AvgIpc) is 2.85. The molecule has 0 unspecified atom stereocenters. The molecule has 0 saturated heterocycles. The molecule has 0 bridgehead atoms. The molecule has 3 rings (SSSR count). The van der Waals surface area contributed by atoms with Crippen LogP contribution in [0.3, 0.4) is 0 Å². The lowest BCUT2D eigenvalue weighted by Gasteiger charge is -2.10. The van der Waals surface area contributed by atoms with Crippen molar-refractivity contribution in [3.8, 4) is 17.2 Å². The molecule has 0 aromatic heterocycles. The molecule has 0 aliphatic carbocycles. The number of benzene rings is 3. The van der Waals surface area contributed by atoms with Gasteiger partial charge in [0.1, 0.15) is 5.75 Å². The van der Waals surface area contributed by atoms with Crippen LogP contribution in [0.15, 0.2) is 76.3 Å². The van der Waals surface area contributed by atoms with Crippen molar-refractivity contribution in [1.82, 2.24) is 5.43 Å². The Bertz CT molecular complexity index is 1160. The quantitative estimate of drug-likeness (QED) is 0.122. The Kier molecular flexibility index (Phi) is 9.22. The zero-order valence-electron chi connectivity index (χ0n) is 18.9. The summed E-state index contributed by atoms with van der Waals surface area (Å²) in [6.07, 6.45) is 3.50. The van der Waals surface area contributed by atoms with Crippen LogP contribution in [0.1, 0.15) is 46.0 Å². The van der Waals surface area contributed by atoms with Gasteiger partial charge in [0.05, 0.1) is 25.5 Å². The van der Waals surface area contributed by atoms with E-state index in [9.17, 15) is 9.59 Å². The molecule has 176 valence electrons. The molecule has 0 aliphatic heterocycles. The maximum absolute atomic E-state index is 12.5. The van der Waals surface area contributed by atoms with Crippen molar-refractivity contribution in [3.63, 3.8) is 0 Å². The van der Waals surface area contributed by atoms with Crippen LogP contribution < -0.4 is 19.6 Å². The van der Waals surface area contributed by atoms with Crippen molar-refractivity contribution in [2.24, 2.45) is 5.10 Å². The third-order valence-corrected chi connectivity index (χ3v) is 5.21. The van der Waals surface area contributed by atoms with E-state index >= 15 is 0 Å². The predicted molar refractivity (Wildman–Crippen MR) is 134 cm³/mol. The number of nitrogens with one attached hydrogen (secondary N) is 1. The molecule has 0 fully saturated rings. The Hall–Kier alpha value is -3.65. The van der Waals surface area contributed by atoms with Gasteiger partial charge in [0, 0.05) is 10.0 Å². The summed E-state index contributed by atoms with van der Waals surface area (Å²) in [7, 11) is 1.48. The number of ether oxygens (including phenoxy) is 3. The number of rotatable bonds is 10. The van der Waals surface area contributed by atoms with E-state index in [0.717, 1.165) is 17.3 Å². The fourth-order valence-electron chi connectivity index (χ4n) is 2.89.